The third kappa shape index (κ3) is 0.684. The summed E-state index contributed by atoms with van der Waals surface area (Å²) in [5, 5.41) is 8.44. The van der Waals surface area contributed by atoms with Gasteiger partial charge in [-0.1, -0.05) is 0 Å². The van der Waals surface area contributed by atoms with Gasteiger partial charge in [-0.15, -0.1) is 0 Å². The molecule has 1 unspecified atom stereocenters. The summed E-state index contributed by atoms with van der Waals surface area (Å²) in [5.74, 6) is 1.14. The summed E-state index contributed by atoms with van der Waals surface area (Å²) in [4.78, 5) is 0. The van der Waals surface area contributed by atoms with Crippen LogP contribution in [-0.4, -0.2) is 22.2 Å². The van der Waals surface area contributed by atoms with E-state index in [9.17, 15) is 0 Å². The van der Waals surface area contributed by atoms with Gasteiger partial charge in [0, 0.05) is 10.5 Å². The van der Waals surface area contributed by atoms with Crippen LogP contribution in [0.4, 0.5) is 0 Å². The topological polar surface area (TPSA) is 20.2 Å². The largest absolute Gasteiger partial charge is 0.395 e. The van der Waals surface area contributed by atoms with Gasteiger partial charge >= 0.3 is 0 Å². The Kier molecular flexibility index (Phi) is 0.848. The summed E-state index contributed by atoms with van der Waals surface area (Å²) >= 11 is 1.82. The van der Waals surface area contributed by atoms with Crippen molar-refractivity contribution in [1.82, 2.24) is 0 Å². The predicted molar refractivity (Wildman–Crippen MR) is 27.9 cm³/mol. The van der Waals surface area contributed by atoms with Crippen molar-refractivity contribution in [3.8, 4) is 0 Å². The van der Waals surface area contributed by atoms with Gasteiger partial charge in [-0.05, 0) is 6.92 Å². The fourth-order valence-corrected chi connectivity index (χ4v) is 0.643. The first-order valence-electron chi connectivity index (χ1n) is 2.02. The van der Waals surface area contributed by atoms with Crippen molar-refractivity contribution in [2.45, 2.75) is 11.7 Å². The fraction of sp³-hybridized carbons (Fsp3) is 1.00. The van der Waals surface area contributed by atoms with E-state index in [2.05, 4.69) is 6.92 Å². The van der Waals surface area contributed by atoms with E-state index >= 15 is 0 Å². The lowest BCUT2D eigenvalue weighted by molar-refractivity contribution is 0.278. The molecule has 0 aromatic carbocycles. The average Bonchev–Trinajstić information content (AvgIpc) is 2.22. The Morgan fingerprint density at radius 3 is 2.50 bits per heavy atom. The van der Waals surface area contributed by atoms with Crippen LogP contribution in [-0.2, 0) is 0 Å². The molecule has 1 nitrogen and oxygen atoms in total. The van der Waals surface area contributed by atoms with E-state index in [4.69, 9.17) is 5.11 Å². The lowest BCUT2D eigenvalue weighted by Crippen LogP contribution is -2.06. The quantitative estimate of drug-likeness (QED) is 0.488. The van der Waals surface area contributed by atoms with Crippen LogP contribution in [0.3, 0.4) is 0 Å². The summed E-state index contributed by atoms with van der Waals surface area (Å²) in [6.07, 6.45) is 0. The van der Waals surface area contributed by atoms with Crippen LogP contribution in [0, 0.1) is 0 Å². The van der Waals surface area contributed by atoms with Crippen molar-refractivity contribution in [3.05, 3.63) is 0 Å². The third-order valence-electron chi connectivity index (χ3n) is 0.972. The Labute approximate surface area is 41.7 Å². The minimum Gasteiger partial charge on any atom is -0.395 e. The molecule has 0 spiro atoms. The van der Waals surface area contributed by atoms with Gasteiger partial charge in [-0.3, -0.25) is 0 Å². The molecule has 0 aromatic heterocycles. The number of thioether (sulfide) groups is 1. The molecular formula is C4H8OS. The van der Waals surface area contributed by atoms with Crippen molar-refractivity contribution in [2.75, 3.05) is 12.4 Å². The molecular weight excluding hydrogens is 96.1 g/mol. The number of hydrogen-bond donors (Lipinski definition) is 1. The van der Waals surface area contributed by atoms with Crippen LogP contribution in [0.15, 0.2) is 0 Å². The van der Waals surface area contributed by atoms with Crippen LogP contribution in [0.2, 0.25) is 0 Å². The van der Waals surface area contributed by atoms with Crippen LogP contribution in [0.25, 0.3) is 0 Å². The molecule has 6 heavy (non-hydrogen) atoms. The monoisotopic (exact) mass is 104 g/mol. The second-order valence-corrected chi connectivity index (χ2v) is 3.46. The van der Waals surface area contributed by atoms with Gasteiger partial charge < -0.3 is 5.11 Å². The standard InChI is InChI=1S/C4H8OS/c1-4(2-5)3-6-4/h5H,2-3H2,1H3. The molecule has 1 fully saturated rings. The molecule has 0 aliphatic carbocycles. The molecule has 36 valence electrons. The molecule has 0 aromatic rings. The number of hydrogen-bond acceptors (Lipinski definition) is 2. The average molecular weight is 104 g/mol. The number of rotatable bonds is 1. The first kappa shape index (κ1) is 4.47. The maximum Gasteiger partial charge on any atom is 0.0583 e. The fourth-order valence-electron chi connectivity index (χ4n) is 0.214. The third-order valence-corrected chi connectivity index (χ3v) is 2.37. The first-order chi connectivity index (χ1) is 2.77. The molecule has 1 N–H and O–H groups in total. The molecule has 1 rings (SSSR count). The van der Waals surface area contributed by atoms with Crippen molar-refractivity contribution in [2.24, 2.45) is 0 Å². The maximum atomic E-state index is 8.44. The van der Waals surface area contributed by atoms with Gasteiger partial charge in [0.25, 0.3) is 0 Å². The van der Waals surface area contributed by atoms with E-state index in [1.54, 1.807) is 0 Å². The van der Waals surface area contributed by atoms with Crippen molar-refractivity contribution in [3.63, 3.8) is 0 Å². The summed E-state index contributed by atoms with van der Waals surface area (Å²) in [6, 6.07) is 0. The van der Waals surface area contributed by atoms with Crippen molar-refractivity contribution < 1.29 is 5.11 Å². The molecule has 2 heteroatoms. The minimum absolute atomic E-state index is 0.264. The van der Waals surface area contributed by atoms with Crippen LogP contribution in [0.5, 0.6) is 0 Å². The normalized spacial score (nSPS) is 43.0. The molecule has 0 radical (unpaired) electrons. The summed E-state index contributed by atoms with van der Waals surface area (Å²) < 4.78 is 0.264. The molecule has 1 aliphatic rings. The highest BCUT2D eigenvalue weighted by Crippen LogP contribution is 2.43. The van der Waals surface area contributed by atoms with E-state index in [1.165, 1.54) is 0 Å². The molecule has 1 atom stereocenters. The smallest absolute Gasteiger partial charge is 0.0583 e. The van der Waals surface area contributed by atoms with Gasteiger partial charge in [-0.25, -0.2) is 0 Å². The van der Waals surface area contributed by atoms with E-state index in [0.717, 1.165) is 5.75 Å². The lowest BCUT2D eigenvalue weighted by atomic mass is 10.2. The van der Waals surface area contributed by atoms with Crippen LogP contribution >= 0.6 is 11.8 Å². The molecule has 1 aliphatic heterocycles. The second-order valence-electron chi connectivity index (χ2n) is 1.90. The zero-order valence-corrected chi connectivity index (χ0v) is 4.59. The van der Waals surface area contributed by atoms with E-state index in [1.807, 2.05) is 11.8 Å². The number of aliphatic hydroxyl groups excluding tert-OH is 1. The summed E-state index contributed by atoms with van der Waals surface area (Å²) in [6.45, 7) is 2.41. The summed E-state index contributed by atoms with van der Waals surface area (Å²) in [7, 11) is 0. The van der Waals surface area contributed by atoms with E-state index in [0.29, 0.717) is 6.61 Å². The zero-order valence-electron chi connectivity index (χ0n) is 3.77. The van der Waals surface area contributed by atoms with Gasteiger partial charge in [0.2, 0.25) is 0 Å². The number of aliphatic hydroxyl groups is 1. The van der Waals surface area contributed by atoms with Crippen LogP contribution in [0.1, 0.15) is 6.92 Å². The second kappa shape index (κ2) is 1.14. The predicted octanol–water partition coefficient (Wildman–Crippen LogP) is 0.484. The van der Waals surface area contributed by atoms with Gasteiger partial charge in [-0.2, -0.15) is 11.8 Å². The maximum absolute atomic E-state index is 8.44. The van der Waals surface area contributed by atoms with Crippen molar-refractivity contribution >= 4 is 11.8 Å². The molecule has 1 heterocycles. The van der Waals surface area contributed by atoms with Crippen LogP contribution < -0.4 is 0 Å². The van der Waals surface area contributed by atoms with Gasteiger partial charge in [0.05, 0.1) is 6.61 Å². The first-order valence-corrected chi connectivity index (χ1v) is 3.00. The summed E-state index contributed by atoms with van der Waals surface area (Å²) in [5.41, 5.74) is 0. The van der Waals surface area contributed by atoms with Crippen molar-refractivity contribution in [1.29, 1.82) is 0 Å². The Morgan fingerprint density at radius 1 is 2.00 bits per heavy atom. The minimum atomic E-state index is 0.264. The van der Waals surface area contributed by atoms with E-state index in [-0.39, 0.29) is 4.75 Å². The molecule has 1 saturated heterocycles. The Hall–Kier alpha value is 0.310. The Balaban J connectivity index is 2.28. The molecule has 0 amide bonds. The highest BCUT2D eigenvalue weighted by atomic mass is 32.2. The Bertz CT molecular complexity index is 58.6. The SMILES string of the molecule is CC1(CO)CS1. The van der Waals surface area contributed by atoms with Gasteiger partial charge in [0.1, 0.15) is 0 Å². The zero-order chi connectivity index (χ0) is 4.62. The van der Waals surface area contributed by atoms with E-state index < -0.39 is 0 Å². The molecule has 0 saturated carbocycles. The highest BCUT2D eigenvalue weighted by Gasteiger charge is 2.37. The molecule has 0 bridgehead atoms. The Morgan fingerprint density at radius 2 is 2.50 bits per heavy atom. The lowest BCUT2D eigenvalue weighted by Gasteiger charge is -1.93. The van der Waals surface area contributed by atoms with Gasteiger partial charge in [0.15, 0.2) is 0 Å². The highest BCUT2D eigenvalue weighted by molar-refractivity contribution is 8.07.